The number of benzene rings is 2. The standard InChI is InChI=1S/C32H34F2N2O4S/c1-3-6-24-28-30(39)36(21-13-15-23(38)16-14-21)32(40)35(18-25-26(33)7-5-8-27(25)34)31(28)41-29(24)20-11-9-19(10-12-20)17-22(37)4-2/h5,7-12,21,23,38H,3-4,6,13-18H2,1-2H3. The molecule has 2 heterocycles. The third-order valence-electron chi connectivity index (χ3n) is 8.02. The van der Waals surface area contributed by atoms with E-state index in [0.29, 0.717) is 55.2 Å². The zero-order chi connectivity index (χ0) is 29.3. The van der Waals surface area contributed by atoms with Crippen molar-refractivity contribution in [3.8, 4) is 10.4 Å². The molecule has 0 unspecified atom stereocenters. The minimum absolute atomic E-state index is 0.145. The summed E-state index contributed by atoms with van der Waals surface area (Å²) < 4.78 is 32.2. The van der Waals surface area contributed by atoms with Crippen molar-refractivity contribution in [1.82, 2.24) is 9.13 Å². The summed E-state index contributed by atoms with van der Waals surface area (Å²) in [5, 5.41) is 10.5. The van der Waals surface area contributed by atoms with E-state index < -0.39 is 35.0 Å². The summed E-state index contributed by atoms with van der Waals surface area (Å²) in [6.45, 7) is 3.49. The van der Waals surface area contributed by atoms with Crippen molar-refractivity contribution in [2.45, 2.75) is 83.9 Å². The van der Waals surface area contributed by atoms with Crippen LogP contribution in [-0.2, 0) is 24.2 Å². The molecule has 41 heavy (non-hydrogen) atoms. The van der Waals surface area contributed by atoms with Crippen LogP contribution in [0.25, 0.3) is 20.7 Å². The van der Waals surface area contributed by atoms with Crippen molar-refractivity contribution < 1.29 is 18.7 Å². The highest BCUT2D eigenvalue weighted by molar-refractivity contribution is 7.22. The van der Waals surface area contributed by atoms with Crippen LogP contribution in [0.3, 0.4) is 0 Å². The molecule has 2 aromatic carbocycles. The van der Waals surface area contributed by atoms with E-state index >= 15 is 0 Å². The van der Waals surface area contributed by atoms with E-state index in [1.165, 1.54) is 26.5 Å². The van der Waals surface area contributed by atoms with E-state index in [9.17, 15) is 28.3 Å². The van der Waals surface area contributed by atoms with Crippen molar-refractivity contribution in [3.05, 3.63) is 91.6 Å². The number of aliphatic hydroxyl groups is 1. The van der Waals surface area contributed by atoms with Gasteiger partial charge in [-0.2, -0.15) is 0 Å². The maximum Gasteiger partial charge on any atom is 0.332 e. The van der Waals surface area contributed by atoms with Gasteiger partial charge in [0.25, 0.3) is 5.56 Å². The molecule has 1 fully saturated rings. The fourth-order valence-corrected chi connectivity index (χ4v) is 7.09. The molecule has 0 amide bonds. The number of fused-ring (bicyclic) bond motifs is 1. The molecule has 216 valence electrons. The van der Waals surface area contributed by atoms with E-state index in [1.54, 1.807) is 0 Å². The zero-order valence-electron chi connectivity index (χ0n) is 23.3. The predicted molar refractivity (Wildman–Crippen MR) is 158 cm³/mol. The van der Waals surface area contributed by atoms with Crippen LogP contribution in [0.15, 0.2) is 52.1 Å². The molecule has 0 atom stereocenters. The van der Waals surface area contributed by atoms with Gasteiger partial charge in [-0.05, 0) is 60.9 Å². The number of aryl methyl sites for hydroxylation is 1. The highest BCUT2D eigenvalue weighted by Crippen LogP contribution is 2.39. The Hall–Kier alpha value is -3.43. The smallest absolute Gasteiger partial charge is 0.332 e. The number of rotatable bonds is 9. The molecule has 4 aromatic rings. The van der Waals surface area contributed by atoms with Crippen molar-refractivity contribution in [3.63, 3.8) is 0 Å². The zero-order valence-corrected chi connectivity index (χ0v) is 24.1. The molecule has 0 saturated heterocycles. The molecule has 1 N–H and O–H groups in total. The third kappa shape index (κ3) is 5.70. The van der Waals surface area contributed by atoms with Crippen LogP contribution in [0.1, 0.15) is 75.1 Å². The van der Waals surface area contributed by atoms with Crippen molar-refractivity contribution in [1.29, 1.82) is 0 Å². The SMILES string of the molecule is CCCc1c(-c2ccc(CC(=O)CC)cc2)sc2c1c(=O)n(C1CCC(O)CC1)c(=O)n2Cc1c(F)cccc1F. The lowest BCUT2D eigenvalue weighted by molar-refractivity contribution is -0.118. The molecule has 1 aliphatic rings. The van der Waals surface area contributed by atoms with Gasteiger partial charge in [0.15, 0.2) is 0 Å². The number of hydrogen-bond acceptors (Lipinski definition) is 5. The Balaban J connectivity index is 1.75. The Bertz CT molecular complexity index is 1680. The van der Waals surface area contributed by atoms with E-state index in [-0.39, 0.29) is 17.9 Å². The van der Waals surface area contributed by atoms with Gasteiger partial charge in [0.05, 0.1) is 18.0 Å². The second-order valence-corrected chi connectivity index (χ2v) is 11.8. The summed E-state index contributed by atoms with van der Waals surface area (Å²) in [4.78, 5) is 41.3. The molecule has 1 saturated carbocycles. The van der Waals surface area contributed by atoms with Crippen molar-refractivity contribution >= 4 is 27.3 Å². The molecule has 0 spiro atoms. The molecular weight excluding hydrogens is 546 g/mol. The van der Waals surface area contributed by atoms with E-state index in [2.05, 4.69) is 0 Å². The number of aliphatic hydroxyl groups excluding tert-OH is 1. The second kappa shape index (κ2) is 12.2. The quantitative estimate of drug-likeness (QED) is 0.257. The number of thiophene rings is 1. The normalized spacial score (nSPS) is 17.3. The minimum atomic E-state index is -0.758. The molecular formula is C32H34F2N2O4S. The number of ketones is 1. The second-order valence-electron chi connectivity index (χ2n) is 10.8. The Morgan fingerprint density at radius 3 is 2.24 bits per heavy atom. The van der Waals surface area contributed by atoms with Crippen LogP contribution in [0, 0.1) is 11.6 Å². The lowest BCUT2D eigenvalue weighted by atomic mass is 9.93. The average Bonchev–Trinajstić information content (AvgIpc) is 3.33. The van der Waals surface area contributed by atoms with Gasteiger partial charge < -0.3 is 5.11 Å². The average molecular weight is 581 g/mol. The Kier molecular flexibility index (Phi) is 8.66. The molecule has 2 aromatic heterocycles. The summed E-state index contributed by atoms with van der Waals surface area (Å²) in [7, 11) is 0. The first-order valence-electron chi connectivity index (χ1n) is 14.3. The van der Waals surface area contributed by atoms with Gasteiger partial charge in [0.1, 0.15) is 22.2 Å². The number of nitrogens with zero attached hydrogens (tertiary/aromatic N) is 2. The summed E-state index contributed by atoms with van der Waals surface area (Å²) in [5.74, 6) is -1.37. The maximum absolute atomic E-state index is 14.8. The van der Waals surface area contributed by atoms with Crippen molar-refractivity contribution in [2.75, 3.05) is 0 Å². The first kappa shape index (κ1) is 29.1. The van der Waals surface area contributed by atoms with Gasteiger partial charge in [-0.1, -0.05) is 50.6 Å². The molecule has 0 radical (unpaired) electrons. The van der Waals surface area contributed by atoms with Gasteiger partial charge in [0, 0.05) is 29.3 Å². The summed E-state index contributed by atoms with van der Waals surface area (Å²) in [6, 6.07) is 10.8. The fraction of sp³-hybridized carbons (Fsp3) is 0.406. The lowest BCUT2D eigenvalue weighted by Crippen LogP contribution is -2.43. The van der Waals surface area contributed by atoms with E-state index in [4.69, 9.17) is 0 Å². The minimum Gasteiger partial charge on any atom is -0.393 e. The number of Topliss-reactive ketones (excluding diaryl/α,β-unsaturated/α-hetero) is 1. The van der Waals surface area contributed by atoms with Gasteiger partial charge in [-0.25, -0.2) is 13.6 Å². The molecule has 0 bridgehead atoms. The van der Waals surface area contributed by atoms with E-state index in [1.807, 2.05) is 38.1 Å². The highest BCUT2D eigenvalue weighted by atomic mass is 32.1. The van der Waals surface area contributed by atoms with Crippen LogP contribution in [0.4, 0.5) is 8.78 Å². The van der Waals surface area contributed by atoms with Gasteiger partial charge in [-0.15, -0.1) is 11.3 Å². The van der Waals surface area contributed by atoms with E-state index in [0.717, 1.165) is 40.1 Å². The first-order chi connectivity index (χ1) is 19.7. The van der Waals surface area contributed by atoms with Crippen LogP contribution >= 0.6 is 11.3 Å². The van der Waals surface area contributed by atoms with Crippen LogP contribution in [0.2, 0.25) is 0 Å². The third-order valence-corrected chi connectivity index (χ3v) is 9.33. The van der Waals surface area contributed by atoms with Gasteiger partial charge in [0.2, 0.25) is 0 Å². The highest BCUT2D eigenvalue weighted by Gasteiger charge is 2.29. The molecule has 6 nitrogen and oxygen atoms in total. The van der Waals surface area contributed by atoms with Gasteiger partial charge >= 0.3 is 5.69 Å². The Morgan fingerprint density at radius 2 is 1.63 bits per heavy atom. The van der Waals surface area contributed by atoms with Crippen LogP contribution in [0.5, 0.6) is 0 Å². The summed E-state index contributed by atoms with van der Waals surface area (Å²) >= 11 is 1.28. The molecule has 9 heteroatoms. The first-order valence-corrected chi connectivity index (χ1v) is 15.1. The van der Waals surface area contributed by atoms with Crippen LogP contribution < -0.4 is 11.2 Å². The molecule has 1 aliphatic carbocycles. The Morgan fingerprint density at radius 1 is 0.976 bits per heavy atom. The maximum atomic E-state index is 14.8. The Labute approximate surface area is 240 Å². The lowest BCUT2D eigenvalue weighted by Gasteiger charge is -2.27. The topological polar surface area (TPSA) is 81.3 Å². The molecule has 0 aliphatic heterocycles. The predicted octanol–water partition coefficient (Wildman–Crippen LogP) is 6.17. The van der Waals surface area contributed by atoms with Crippen LogP contribution in [-0.4, -0.2) is 26.1 Å². The number of carbonyl (C=O) groups is 1. The van der Waals surface area contributed by atoms with Crippen molar-refractivity contribution in [2.24, 2.45) is 0 Å². The summed E-state index contributed by atoms with van der Waals surface area (Å²) in [5.41, 5.74) is 1.32. The summed E-state index contributed by atoms with van der Waals surface area (Å²) in [6.07, 6.45) is 3.54. The fourth-order valence-electron chi connectivity index (χ4n) is 5.75. The number of aromatic nitrogens is 2. The number of halogens is 2. The number of hydrogen-bond donors (Lipinski definition) is 1. The largest absolute Gasteiger partial charge is 0.393 e. The monoisotopic (exact) mass is 580 g/mol. The van der Waals surface area contributed by atoms with Gasteiger partial charge in [-0.3, -0.25) is 18.7 Å². The number of carbonyl (C=O) groups excluding carboxylic acids is 1. The molecule has 5 rings (SSSR count).